The summed E-state index contributed by atoms with van der Waals surface area (Å²) >= 11 is 0. The molecular formula is C34H54P2. The summed E-state index contributed by atoms with van der Waals surface area (Å²) < 4.78 is 0. The molecule has 0 saturated heterocycles. The van der Waals surface area contributed by atoms with Gasteiger partial charge in [0.2, 0.25) is 0 Å². The zero-order chi connectivity index (χ0) is 25.3. The molecule has 1 fully saturated rings. The van der Waals surface area contributed by atoms with E-state index in [4.69, 9.17) is 0 Å². The Kier molecular flexibility index (Phi) is 15.4. The van der Waals surface area contributed by atoms with E-state index in [1.807, 2.05) is 0 Å². The maximum atomic E-state index is 2.44. The molecule has 36 heavy (non-hydrogen) atoms. The second-order valence-corrected chi connectivity index (χ2v) is 16.0. The van der Waals surface area contributed by atoms with Gasteiger partial charge >= 0.3 is 0 Å². The first kappa shape index (κ1) is 29.9. The van der Waals surface area contributed by atoms with Crippen LogP contribution in [0.5, 0.6) is 0 Å². The largest absolute Gasteiger partial charge is 0.0750 e. The molecule has 1 saturated carbocycles. The van der Waals surface area contributed by atoms with Gasteiger partial charge in [0.05, 0.1) is 0 Å². The molecule has 0 heterocycles. The predicted molar refractivity (Wildman–Crippen MR) is 168 cm³/mol. The predicted octanol–water partition coefficient (Wildman–Crippen LogP) is 10.3. The first-order valence-corrected chi connectivity index (χ1v) is 18.8. The van der Waals surface area contributed by atoms with Crippen LogP contribution in [-0.2, 0) is 0 Å². The second kappa shape index (κ2) is 18.5. The lowest BCUT2D eigenvalue weighted by Crippen LogP contribution is -2.33. The standard InChI is InChI=1S/C34H54P2/c1-3-5-7-9-11-19-27-35(33-21-15-13-16-22-33)29-31-25-26-32(31)30-36(34-23-17-14-18-24-34)28-20-12-10-8-6-4-2/h13-18,21-24,31-32H,3-12,19-20,25-30H2,1-2H3. The molecular weight excluding hydrogens is 470 g/mol. The average Bonchev–Trinajstić information content (AvgIpc) is 2.91. The van der Waals surface area contributed by atoms with E-state index in [0.717, 1.165) is 11.8 Å². The van der Waals surface area contributed by atoms with E-state index in [0.29, 0.717) is 0 Å². The van der Waals surface area contributed by atoms with Crippen LogP contribution in [0.15, 0.2) is 60.7 Å². The van der Waals surface area contributed by atoms with Crippen LogP contribution in [0.2, 0.25) is 0 Å². The highest BCUT2D eigenvalue weighted by Gasteiger charge is 2.34. The number of rotatable bonds is 20. The molecule has 4 atom stereocenters. The van der Waals surface area contributed by atoms with Crippen LogP contribution in [0, 0.1) is 11.8 Å². The molecule has 200 valence electrons. The molecule has 0 nitrogen and oxygen atoms in total. The molecule has 2 aromatic carbocycles. The van der Waals surface area contributed by atoms with Gasteiger partial charge in [0.15, 0.2) is 0 Å². The minimum Gasteiger partial charge on any atom is -0.0750 e. The van der Waals surface area contributed by atoms with Crippen LogP contribution < -0.4 is 10.6 Å². The summed E-state index contributed by atoms with van der Waals surface area (Å²) in [4.78, 5) is 0. The van der Waals surface area contributed by atoms with Crippen molar-refractivity contribution < 1.29 is 0 Å². The van der Waals surface area contributed by atoms with Gasteiger partial charge in [0.1, 0.15) is 0 Å². The summed E-state index contributed by atoms with van der Waals surface area (Å²) in [5.41, 5.74) is 0. The van der Waals surface area contributed by atoms with E-state index in [1.54, 1.807) is 10.6 Å². The van der Waals surface area contributed by atoms with Gasteiger partial charge in [-0.1, -0.05) is 155 Å². The minimum absolute atomic E-state index is 0.00739. The number of unbranched alkanes of at least 4 members (excludes halogenated alkanes) is 10. The summed E-state index contributed by atoms with van der Waals surface area (Å²) in [7, 11) is 0.0148. The third-order valence-electron chi connectivity index (χ3n) is 8.29. The lowest BCUT2D eigenvalue weighted by molar-refractivity contribution is 0.227. The Hall–Kier alpha value is -0.700. The highest BCUT2D eigenvalue weighted by Crippen LogP contribution is 2.50. The minimum atomic E-state index is 0.00739. The normalized spacial score (nSPS) is 19.1. The van der Waals surface area contributed by atoms with Crippen molar-refractivity contribution in [2.45, 2.75) is 104 Å². The summed E-state index contributed by atoms with van der Waals surface area (Å²) in [6.45, 7) is 4.64. The van der Waals surface area contributed by atoms with Crippen LogP contribution in [-0.4, -0.2) is 24.6 Å². The van der Waals surface area contributed by atoms with Crippen molar-refractivity contribution in [1.29, 1.82) is 0 Å². The van der Waals surface area contributed by atoms with Gasteiger partial charge in [0, 0.05) is 0 Å². The summed E-state index contributed by atoms with van der Waals surface area (Å²) in [6, 6.07) is 23.2. The monoisotopic (exact) mass is 524 g/mol. The van der Waals surface area contributed by atoms with Crippen LogP contribution in [0.1, 0.15) is 104 Å². The van der Waals surface area contributed by atoms with E-state index < -0.39 is 0 Å². The zero-order valence-corrected chi connectivity index (χ0v) is 25.3. The van der Waals surface area contributed by atoms with E-state index in [2.05, 4.69) is 74.5 Å². The Bertz CT molecular complexity index is 707. The van der Waals surface area contributed by atoms with Crippen molar-refractivity contribution in [1.82, 2.24) is 0 Å². The maximum Gasteiger partial charge on any atom is -0.0240 e. The summed E-state index contributed by atoms with van der Waals surface area (Å²) in [5.74, 6) is 1.96. The molecule has 1 aliphatic rings. The second-order valence-electron chi connectivity index (χ2n) is 11.2. The van der Waals surface area contributed by atoms with Gasteiger partial charge in [-0.2, -0.15) is 0 Å². The summed E-state index contributed by atoms with van der Waals surface area (Å²) in [6.07, 6.45) is 25.9. The molecule has 0 spiro atoms. The molecule has 1 aliphatic carbocycles. The van der Waals surface area contributed by atoms with Crippen LogP contribution in [0.25, 0.3) is 0 Å². The van der Waals surface area contributed by atoms with Gasteiger partial charge in [-0.05, 0) is 72.8 Å². The Labute approximate surface area is 227 Å². The number of hydrogen-bond donors (Lipinski definition) is 0. The molecule has 0 radical (unpaired) electrons. The fraction of sp³-hybridized carbons (Fsp3) is 0.647. The highest BCUT2D eigenvalue weighted by atomic mass is 31.1. The van der Waals surface area contributed by atoms with Crippen LogP contribution in [0.4, 0.5) is 0 Å². The molecule has 0 aliphatic heterocycles. The van der Waals surface area contributed by atoms with E-state index in [9.17, 15) is 0 Å². The van der Waals surface area contributed by atoms with Crippen LogP contribution >= 0.6 is 15.8 Å². The first-order valence-electron chi connectivity index (χ1n) is 15.4. The van der Waals surface area contributed by atoms with Crippen molar-refractivity contribution in [3.05, 3.63) is 60.7 Å². The molecule has 0 bridgehead atoms. The Morgan fingerprint density at radius 3 is 1.22 bits per heavy atom. The van der Waals surface area contributed by atoms with Crippen molar-refractivity contribution in [3.8, 4) is 0 Å². The fourth-order valence-electron chi connectivity index (χ4n) is 5.78. The lowest BCUT2D eigenvalue weighted by atomic mass is 9.76. The van der Waals surface area contributed by atoms with Gasteiger partial charge in [-0.25, -0.2) is 0 Å². The van der Waals surface area contributed by atoms with Gasteiger partial charge < -0.3 is 0 Å². The fourth-order valence-corrected chi connectivity index (χ4v) is 11.6. The quantitative estimate of drug-likeness (QED) is 0.119. The number of hydrogen-bond acceptors (Lipinski definition) is 0. The molecule has 0 N–H and O–H groups in total. The third kappa shape index (κ3) is 11.0. The van der Waals surface area contributed by atoms with E-state index >= 15 is 0 Å². The van der Waals surface area contributed by atoms with Crippen LogP contribution in [0.3, 0.4) is 0 Å². The molecule has 3 rings (SSSR count). The van der Waals surface area contributed by atoms with E-state index in [1.165, 1.54) is 115 Å². The SMILES string of the molecule is CCCCCCCCP(CC1CCC1CP(CCCCCCCC)c1ccccc1)c1ccccc1. The Morgan fingerprint density at radius 1 is 0.500 bits per heavy atom. The molecule has 2 aromatic rings. The lowest BCUT2D eigenvalue weighted by Gasteiger charge is -2.41. The van der Waals surface area contributed by atoms with E-state index in [-0.39, 0.29) is 15.8 Å². The third-order valence-corrected chi connectivity index (χ3v) is 13.9. The number of benzene rings is 2. The zero-order valence-electron chi connectivity index (χ0n) is 23.6. The average molecular weight is 525 g/mol. The van der Waals surface area contributed by atoms with Gasteiger partial charge in [0.25, 0.3) is 0 Å². The molecule has 2 heteroatoms. The maximum absolute atomic E-state index is 2.44. The van der Waals surface area contributed by atoms with Crippen molar-refractivity contribution in [2.24, 2.45) is 11.8 Å². The summed E-state index contributed by atoms with van der Waals surface area (Å²) in [5, 5.41) is 3.34. The van der Waals surface area contributed by atoms with Crippen molar-refractivity contribution >= 4 is 26.5 Å². The smallest absolute Gasteiger partial charge is 0.0240 e. The van der Waals surface area contributed by atoms with Crippen molar-refractivity contribution in [2.75, 3.05) is 24.6 Å². The molecule has 0 aromatic heterocycles. The Balaban J connectivity index is 1.53. The highest BCUT2D eigenvalue weighted by molar-refractivity contribution is 7.66. The van der Waals surface area contributed by atoms with Gasteiger partial charge in [-0.15, -0.1) is 0 Å². The Morgan fingerprint density at radius 2 is 0.861 bits per heavy atom. The van der Waals surface area contributed by atoms with Gasteiger partial charge in [-0.3, -0.25) is 0 Å². The molecule has 4 unspecified atom stereocenters. The van der Waals surface area contributed by atoms with Crippen molar-refractivity contribution in [3.63, 3.8) is 0 Å². The topological polar surface area (TPSA) is 0 Å². The first-order chi connectivity index (χ1) is 17.8. The molecule has 0 amide bonds.